The standard InChI is InChI=1S/C10H13N5O/c1-12-6-4-15(5-6)9-8-7(2-3-16-8)13-10(11)14-9/h2-3,6,12H,4-5H2,1H3,(H2,11,13,14). The summed E-state index contributed by atoms with van der Waals surface area (Å²) >= 11 is 0. The summed E-state index contributed by atoms with van der Waals surface area (Å²) in [6.07, 6.45) is 1.61. The SMILES string of the molecule is CNC1CN(c2nc(N)nc3ccoc23)C1. The molecule has 1 aliphatic rings. The molecule has 0 aliphatic carbocycles. The van der Waals surface area contributed by atoms with Gasteiger partial charge in [0.05, 0.1) is 6.26 Å². The molecule has 6 heteroatoms. The fourth-order valence-electron chi connectivity index (χ4n) is 1.91. The Bertz CT molecular complexity index is 517. The van der Waals surface area contributed by atoms with Gasteiger partial charge in [-0.15, -0.1) is 0 Å². The second kappa shape index (κ2) is 3.34. The number of nitrogens with two attached hydrogens (primary N) is 1. The fourth-order valence-corrected chi connectivity index (χ4v) is 1.91. The Kier molecular flexibility index (Phi) is 1.97. The molecule has 16 heavy (non-hydrogen) atoms. The van der Waals surface area contributed by atoms with Crippen molar-refractivity contribution in [1.29, 1.82) is 0 Å². The van der Waals surface area contributed by atoms with Gasteiger partial charge >= 0.3 is 0 Å². The van der Waals surface area contributed by atoms with Gasteiger partial charge in [0.25, 0.3) is 0 Å². The smallest absolute Gasteiger partial charge is 0.222 e. The molecule has 1 aliphatic heterocycles. The monoisotopic (exact) mass is 219 g/mol. The molecule has 2 aromatic heterocycles. The maximum Gasteiger partial charge on any atom is 0.222 e. The van der Waals surface area contributed by atoms with Crippen LogP contribution in [-0.2, 0) is 0 Å². The molecular formula is C10H13N5O. The average molecular weight is 219 g/mol. The molecule has 84 valence electrons. The third kappa shape index (κ3) is 1.30. The van der Waals surface area contributed by atoms with Crippen LogP contribution in [0.15, 0.2) is 16.7 Å². The van der Waals surface area contributed by atoms with Gasteiger partial charge in [0.2, 0.25) is 5.95 Å². The lowest BCUT2D eigenvalue weighted by atomic mass is 10.1. The van der Waals surface area contributed by atoms with Crippen LogP contribution in [-0.4, -0.2) is 36.1 Å². The minimum Gasteiger partial charge on any atom is -0.459 e. The Hall–Kier alpha value is -1.82. The lowest BCUT2D eigenvalue weighted by Gasteiger charge is -2.39. The van der Waals surface area contributed by atoms with Crippen molar-refractivity contribution >= 4 is 22.9 Å². The summed E-state index contributed by atoms with van der Waals surface area (Å²) in [5, 5.41) is 3.21. The molecule has 0 bridgehead atoms. The van der Waals surface area contributed by atoms with Crippen molar-refractivity contribution in [2.75, 3.05) is 30.8 Å². The summed E-state index contributed by atoms with van der Waals surface area (Å²) in [4.78, 5) is 10.5. The zero-order chi connectivity index (χ0) is 11.1. The first-order chi connectivity index (χ1) is 7.78. The van der Waals surface area contributed by atoms with Gasteiger partial charge in [0.1, 0.15) is 5.52 Å². The van der Waals surface area contributed by atoms with Crippen LogP contribution >= 0.6 is 0 Å². The second-order valence-electron chi connectivity index (χ2n) is 3.93. The fraction of sp³-hybridized carbons (Fsp3) is 0.400. The predicted molar refractivity (Wildman–Crippen MR) is 61.3 cm³/mol. The highest BCUT2D eigenvalue weighted by molar-refractivity contribution is 5.85. The van der Waals surface area contributed by atoms with Gasteiger partial charge in [-0.05, 0) is 7.05 Å². The summed E-state index contributed by atoms with van der Waals surface area (Å²) in [5.41, 5.74) is 7.13. The summed E-state index contributed by atoms with van der Waals surface area (Å²) < 4.78 is 5.39. The summed E-state index contributed by atoms with van der Waals surface area (Å²) in [6.45, 7) is 1.84. The number of fused-ring (bicyclic) bond motifs is 1. The van der Waals surface area contributed by atoms with Gasteiger partial charge in [-0.3, -0.25) is 0 Å². The van der Waals surface area contributed by atoms with Crippen LogP contribution in [0.25, 0.3) is 11.1 Å². The molecule has 1 saturated heterocycles. The molecule has 0 spiro atoms. The third-order valence-electron chi connectivity index (χ3n) is 2.89. The summed E-state index contributed by atoms with van der Waals surface area (Å²) in [7, 11) is 1.96. The number of likely N-dealkylation sites (N-methyl/N-ethyl adjacent to an activating group) is 1. The van der Waals surface area contributed by atoms with Gasteiger partial charge < -0.3 is 20.4 Å². The highest BCUT2D eigenvalue weighted by Gasteiger charge is 2.29. The Morgan fingerprint density at radius 2 is 2.31 bits per heavy atom. The van der Waals surface area contributed by atoms with Crippen LogP contribution < -0.4 is 16.0 Å². The van der Waals surface area contributed by atoms with Crippen molar-refractivity contribution in [2.24, 2.45) is 0 Å². The largest absolute Gasteiger partial charge is 0.459 e. The number of nitrogens with one attached hydrogen (secondary N) is 1. The van der Waals surface area contributed by atoms with Crippen molar-refractivity contribution in [1.82, 2.24) is 15.3 Å². The minimum atomic E-state index is 0.289. The number of aromatic nitrogens is 2. The average Bonchev–Trinajstić information content (AvgIpc) is 2.63. The van der Waals surface area contributed by atoms with Crippen molar-refractivity contribution in [3.8, 4) is 0 Å². The van der Waals surface area contributed by atoms with E-state index in [0.29, 0.717) is 11.6 Å². The van der Waals surface area contributed by atoms with E-state index in [1.165, 1.54) is 0 Å². The number of nitrogen functional groups attached to an aromatic ring is 1. The van der Waals surface area contributed by atoms with Crippen LogP contribution in [0.2, 0.25) is 0 Å². The van der Waals surface area contributed by atoms with Gasteiger partial charge in [-0.25, -0.2) is 4.98 Å². The molecular weight excluding hydrogens is 206 g/mol. The first-order valence-electron chi connectivity index (χ1n) is 5.21. The van der Waals surface area contributed by atoms with E-state index in [1.54, 1.807) is 12.3 Å². The van der Waals surface area contributed by atoms with E-state index in [1.807, 2.05) is 7.05 Å². The van der Waals surface area contributed by atoms with Gasteiger partial charge in [0, 0.05) is 25.2 Å². The normalized spacial score (nSPS) is 16.7. The zero-order valence-corrected chi connectivity index (χ0v) is 8.97. The van der Waals surface area contributed by atoms with Gasteiger partial charge in [-0.2, -0.15) is 4.98 Å². The highest BCUT2D eigenvalue weighted by Crippen LogP contribution is 2.28. The molecule has 0 aromatic carbocycles. The maximum absolute atomic E-state index is 5.66. The molecule has 0 atom stereocenters. The molecule has 6 nitrogen and oxygen atoms in total. The summed E-state index contributed by atoms with van der Waals surface area (Å²) in [5.74, 6) is 1.08. The third-order valence-corrected chi connectivity index (χ3v) is 2.89. The van der Waals surface area contributed by atoms with Crippen LogP contribution in [0.5, 0.6) is 0 Å². The van der Waals surface area contributed by atoms with Crippen LogP contribution in [0, 0.1) is 0 Å². The number of rotatable bonds is 2. The number of anilines is 2. The van der Waals surface area contributed by atoms with Crippen molar-refractivity contribution in [2.45, 2.75) is 6.04 Å². The molecule has 0 saturated carbocycles. The Balaban J connectivity index is 2.00. The molecule has 0 unspecified atom stereocenters. The quantitative estimate of drug-likeness (QED) is 0.751. The number of furan rings is 1. The number of hydrogen-bond donors (Lipinski definition) is 2. The minimum absolute atomic E-state index is 0.289. The molecule has 3 N–H and O–H groups in total. The Labute approximate surface area is 92.5 Å². The first kappa shape index (κ1) is 9.41. The van der Waals surface area contributed by atoms with Crippen molar-refractivity contribution in [3.63, 3.8) is 0 Å². The van der Waals surface area contributed by atoms with Crippen LogP contribution in [0.1, 0.15) is 0 Å². The lowest BCUT2D eigenvalue weighted by molar-refractivity contribution is 0.446. The van der Waals surface area contributed by atoms with Crippen molar-refractivity contribution < 1.29 is 4.42 Å². The second-order valence-corrected chi connectivity index (χ2v) is 3.93. The maximum atomic E-state index is 5.66. The Morgan fingerprint density at radius 1 is 1.50 bits per heavy atom. The first-order valence-corrected chi connectivity index (χ1v) is 5.21. The van der Waals surface area contributed by atoms with E-state index in [0.717, 1.165) is 24.4 Å². The number of nitrogens with zero attached hydrogens (tertiary/aromatic N) is 3. The van der Waals surface area contributed by atoms with E-state index >= 15 is 0 Å². The van der Waals surface area contributed by atoms with Crippen molar-refractivity contribution in [3.05, 3.63) is 12.3 Å². The van der Waals surface area contributed by atoms with Crippen LogP contribution in [0.4, 0.5) is 11.8 Å². The van der Waals surface area contributed by atoms with E-state index < -0.39 is 0 Å². The number of hydrogen-bond acceptors (Lipinski definition) is 6. The molecule has 2 aromatic rings. The highest BCUT2D eigenvalue weighted by atomic mass is 16.3. The molecule has 0 amide bonds. The lowest BCUT2D eigenvalue weighted by Crippen LogP contribution is -2.57. The van der Waals surface area contributed by atoms with E-state index in [2.05, 4.69) is 20.2 Å². The predicted octanol–water partition coefficient (Wildman–Crippen LogP) is 0.213. The summed E-state index contributed by atoms with van der Waals surface area (Å²) in [6, 6.07) is 2.31. The molecule has 1 fully saturated rings. The molecule has 3 heterocycles. The van der Waals surface area contributed by atoms with E-state index in [9.17, 15) is 0 Å². The zero-order valence-electron chi connectivity index (χ0n) is 8.97. The molecule has 3 rings (SSSR count). The van der Waals surface area contributed by atoms with E-state index in [4.69, 9.17) is 10.2 Å². The van der Waals surface area contributed by atoms with E-state index in [-0.39, 0.29) is 5.95 Å². The van der Waals surface area contributed by atoms with Gasteiger partial charge in [0.15, 0.2) is 11.4 Å². The van der Waals surface area contributed by atoms with Crippen LogP contribution in [0.3, 0.4) is 0 Å². The topological polar surface area (TPSA) is 80.2 Å². The van der Waals surface area contributed by atoms with Gasteiger partial charge in [-0.1, -0.05) is 0 Å². The molecule has 0 radical (unpaired) electrons. The Morgan fingerprint density at radius 3 is 3.06 bits per heavy atom.